The van der Waals surface area contributed by atoms with Gasteiger partial charge in [0.15, 0.2) is 11.5 Å². The topological polar surface area (TPSA) is 76.1 Å². The molecule has 1 unspecified atom stereocenters. The lowest BCUT2D eigenvalue weighted by molar-refractivity contribution is -0.153. The zero-order valence-corrected chi connectivity index (χ0v) is 21.1. The number of rotatable bonds is 9. The van der Waals surface area contributed by atoms with Crippen LogP contribution >= 0.6 is 0 Å². The van der Waals surface area contributed by atoms with E-state index in [1.807, 2.05) is 79.7 Å². The second-order valence-corrected chi connectivity index (χ2v) is 9.28. The van der Waals surface area contributed by atoms with Crippen LogP contribution < -0.4 is 9.47 Å². The van der Waals surface area contributed by atoms with Gasteiger partial charge in [-0.3, -0.25) is 4.79 Å². The van der Waals surface area contributed by atoms with E-state index in [-0.39, 0.29) is 18.9 Å². The summed E-state index contributed by atoms with van der Waals surface area (Å²) >= 11 is 0. The first-order chi connectivity index (χ1) is 17.4. The van der Waals surface area contributed by atoms with Crippen molar-refractivity contribution in [3.63, 3.8) is 0 Å². The van der Waals surface area contributed by atoms with Gasteiger partial charge in [-0.05, 0) is 36.1 Å². The monoisotopic (exact) mass is 487 g/mol. The molecule has 0 aromatic heterocycles. The van der Waals surface area contributed by atoms with Crippen molar-refractivity contribution in [2.24, 2.45) is 0 Å². The summed E-state index contributed by atoms with van der Waals surface area (Å²) in [6.07, 6.45) is 2.01. The highest BCUT2D eigenvalue weighted by atomic mass is 16.5. The van der Waals surface area contributed by atoms with E-state index in [0.717, 1.165) is 35.1 Å². The number of unbranched alkanes of at least 4 members (excludes halogenated alkanes) is 1. The molecule has 0 fully saturated rings. The zero-order valence-electron chi connectivity index (χ0n) is 21.1. The molecule has 4 rings (SSSR count). The van der Waals surface area contributed by atoms with E-state index in [2.05, 4.69) is 6.92 Å². The second kappa shape index (κ2) is 10.9. The maximum absolute atomic E-state index is 14.4. The summed E-state index contributed by atoms with van der Waals surface area (Å²) in [7, 11) is 1.58. The number of carboxylic acids is 1. The Labute approximate surface area is 212 Å². The number of benzene rings is 3. The second-order valence-electron chi connectivity index (χ2n) is 9.28. The zero-order chi connectivity index (χ0) is 25.7. The Morgan fingerprint density at radius 1 is 1.00 bits per heavy atom. The van der Waals surface area contributed by atoms with Gasteiger partial charge >= 0.3 is 5.97 Å². The molecule has 1 aliphatic heterocycles. The van der Waals surface area contributed by atoms with Crippen LogP contribution in [0.5, 0.6) is 11.5 Å². The van der Waals surface area contributed by atoms with Crippen molar-refractivity contribution in [2.75, 3.05) is 13.7 Å². The molecular weight excluding hydrogens is 454 g/mol. The minimum absolute atomic E-state index is 0.148. The van der Waals surface area contributed by atoms with Gasteiger partial charge in [0.1, 0.15) is 6.04 Å². The van der Waals surface area contributed by atoms with Gasteiger partial charge in [0.2, 0.25) is 5.91 Å². The van der Waals surface area contributed by atoms with Crippen LogP contribution in [0, 0.1) is 0 Å². The maximum Gasteiger partial charge on any atom is 0.326 e. The molecule has 1 aliphatic rings. The van der Waals surface area contributed by atoms with Crippen molar-refractivity contribution >= 4 is 11.9 Å². The lowest BCUT2D eigenvalue weighted by Gasteiger charge is -2.41. The molecule has 1 heterocycles. The van der Waals surface area contributed by atoms with Crippen molar-refractivity contribution in [2.45, 2.75) is 51.1 Å². The number of amides is 1. The molecule has 0 spiro atoms. The fourth-order valence-electron chi connectivity index (χ4n) is 4.93. The van der Waals surface area contributed by atoms with E-state index in [1.54, 1.807) is 7.11 Å². The predicted octanol–water partition coefficient (Wildman–Crippen LogP) is 5.22. The molecule has 0 saturated carbocycles. The van der Waals surface area contributed by atoms with Gasteiger partial charge in [-0.15, -0.1) is 0 Å². The van der Waals surface area contributed by atoms with Crippen LogP contribution in [0.25, 0.3) is 0 Å². The number of fused-ring (bicyclic) bond motifs is 1. The molecule has 6 nitrogen and oxygen atoms in total. The summed E-state index contributed by atoms with van der Waals surface area (Å²) in [5.74, 6) is -0.134. The molecule has 0 aliphatic carbocycles. The van der Waals surface area contributed by atoms with Gasteiger partial charge in [-0.2, -0.15) is 0 Å². The minimum atomic E-state index is -1.05. The van der Waals surface area contributed by atoms with Crippen LogP contribution in [0.1, 0.15) is 48.9 Å². The van der Waals surface area contributed by atoms with E-state index in [9.17, 15) is 14.7 Å². The van der Waals surface area contributed by atoms with E-state index < -0.39 is 17.4 Å². The number of carbonyl (C=O) groups excluding carboxylic acids is 1. The van der Waals surface area contributed by atoms with Gasteiger partial charge in [-0.1, -0.05) is 80.1 Å². The first kappa shape index (κ1) is 25.3. The summed E-state index contributed by atoms with van der Waals surface area (Å²) in [6, 6.07) is 21.8. The molecular formula is C30H33NO5. The highest BCUT2D eigenvalue weighted by molar-refractivity contribution is 5.95. The molecule has 0 bridgehead atoms. The van der Waals surface area contributed by atoms with Crippen LogP contribution in [0.15, 0.2) is 72.8 Å². The first-order valence-electron chi connectivity index (χ1n) is 12.4. The van der Waals surface area contributed by atoms with Gasteiger partial charge in [0, 0.05) is 18.5 Å². The van der Waals surface area contributed by atoms with E-state index >= 15 is 0 Å². The fraction of sp³-hybridized carbons (Fsp3) is 0.333. The number of nitrogens with zero attached hydrogens (tertiary/aromatic N) is 1. The third-order valence-corrected chi connectivity index (χ3v) is 7.08. The number of methoxy groups -OCH3 is 1. The Kier molecular flexibility index (Phi) is 7.63. The van der Waals surface area contributed by atoms with Gasteiger partial charge < -0.3 is 19.5 Å². The average molecular weight is 488 g/mol. The third-order valence-electron chi connectivity index (χ3n) is 7.08. The number of hydrogen-bond acceptors (Lipinski definition) is 4. The van der Waals surface area contributed by atoms with Crippen molar-refractivity contribution in [3.8, 4) is 11.5 Å². The molecule has 0 saturated heterocycles. The number of carboxylic acid groups (broad SMARTS) is 1. The van der Waals surface area contributed by atoms with Crippen LogP contribution in [0.4, 0.5) is 0 Å². The fourth-order valence-corrected chi connectivity index (χ4v) is 4.93. The SMILES string of the molecule is CCCCOc1c(OC)ccc2c1CC(C(=O)O)N(C(=O)C(C)(c1ccccc1)c1ccccc1)C2. The Hall–Kier alpha value is -3.80. The Balaban J connectivity index is 1.79. The molecule has 36 heavy (non-hydrogen) atoms. The highest BCUT2D eigenvalue weighted by Gasteiger charge is 2.45. The summed E-state index contributed by atoms with van der Waals surface area (Å²) in [5.41, 5.74) is 2.24. The standard InChI is InChI=1S/C30H33NO5/c1-4-5-18-36-27-24-19-25(28(32)33)31(20-21(24)16-17-26(27)35-3)29(34)30(2,22-12-8-6-9-13-22)23-14-10-7-11-15-23/h6-17,25H,4-5,18-20H2,1-3H3,(H,32,33). The van der Waals surface area contributed by atoms with E-state index in [0.29, 0.717) is 18.1 Å². The van der Waals surface area contributed by atoms with Gasteiger partial charge in [-0.25, -0.2) is 4.79 Å². The lowest BCUT2D eigenvalue weighted by atomic mass is 9.74. The molecule has 0 radical (unpaired) electrons. The van der Waals surface area contributed by atoms with E-state index in [4.69, 9.17) is 9.47 Å². The van der Waals surface area contributed by atoms with Crippen LogP contribution in [-0.4, -0.2) is 41.6 Å². The normalized spacial score (nSPS) is 15.2. The molecule has 1 atom stereocenters. The van der Waals surface area contributed by atoms with Crippen molar-refractivity contribution in [1.29, 1.82) is 0 Å². The molecule has 1 amide bonds. The van der Waals surface area contributed by atoms with Crippen molar-refractivity contribution in [3.05, 3.63) is 95.1 Å². The summed E-state index contributed by atoms with van der Waals surface area (Å²) in [5, 5.41) is 10.3. The Bertz CT molecular complexity index is 1170. The third kappa shape index (κ3) is 4.68. The van der Waals surface area contributed by atoms with Crippen LogP contribution in [0.2, 0.25) is 0 Å². The summed E-state index contributed by atoms with van der Waals surface area (Å²) < 4.78 is 11.6. The molecule has 188 valence electrons. The maximum atomic E-state index is 14.4. The number of hydrogen-bond donors (Lipinski definition) is 1. The van der Waals surface area contributed by atoms with Crippen LogP contribution in [-0.2, 0) is 28.0 Å². The summed E-state index contributed by atoms with van der Waals surface area (Å²) in [6.45, 7) is 4.65. The average Bonchev–Trinajstić information content (AvgIpc) is 2.92. The Morgan fingerprint density at radius 2 is 1.61 bits per heavy atom. The van der Waals surface area contributed by atoms with Gasteiger partial charge in [0.05, 0.1) is 19.1 Å². The number of aliphatic carboxylic acids is 1. The number of ether oxygens (including phenoxy) is 2. The quantitative estimate of drug-likeness (QED) is 0.419. The molecule has 3 aromatic rings. The smallest absolute Gasteiger partial charge is 0.326 e. The minimum Gasteiger partial charge on any atom is -0.493 e. The lowest BCUT2D eigenvalue weighted by Crippen LogP contribution is -2.55. The van der Waals surface area contributed by atoms with Crippen molar-refractivity contribution < 1.29 is 24.2 Å². The largest absolute Gasteiger partial charge is 0.493 e. The van der Waals surface area contributed by atoms with Crippen molar-refractivity contribution in [1.82, 2.24) is 4.90 Å². The molecule has 1 N–H and O–H groups in total. The highest BCUT2D eigenvalue weighted by Crippen LogP contribution is 2.41. The Morgan fingerprint density at radius 3 is 2.14 bits per heavy atom. The molecule has 6 heteroatoms. The number of carbonyl (C=O) groups is 2. The van der Waals surface area contributed by atoms with E-state index in [1.165, 1.54) is 4.90 Å². The van der Waals surface area contributed by atoms with Crippen LogP contribution in [0.3, 0.4) is 0 Å². The first-order valence-corrected chi connectivity index (χ1v) is 12.4. The molecule has 3 aromatic carbocycles. The van der Waals surface area contributed by atoms with Gasteiger partial charge in [0.25, 0.3) is 0 Å². The summed E-state index contributed by atoms with van der Waals surface area (Å²) in [4.78, 5) is 28.4. The predicted molar refractivity (Wildman–Crippen MR) is 138 cm³/mol.